The van der Waals surface area contributed by atoms with Crippen molar-refractivity contribution in [3.8, 4) is 11.5 Å². The van der Waals surface area contributed by atoms with Crippen LogP contribution in [-0.4, -0.2) is 54.4 Å². The number of aromatic nitrogens is 1. The molecule has 2 rings (SSSR count). The second-order valence-electron chi connectivity index (χ2n) is 8.63. The van der Waals surface area contributed by atoms with Crippen LogP contribution < -0.4 is 10.1 Å². The van der Waals surface area contributed by atoms with Gasteiger partial charge < -0.3 is 24.6 Å². The molecule has 192 valence electrons. The number of hydrogen-bond donors (Lipinski definition) is 2. The van der Waals surface area contributed by atoms with E-state index >= 15 is 0 Å². The highest BCUT2D eigenvalue weighted by atomic mass is 16.5. The number of aromatic hydroxyl groups is 1. The molecule has 35 heavy (non-hydrogen) atoms. The molecule has 0 saturated heterocycles. The Morgan fingerprint density at radius 3 is 2.46 bits per heavy atom. The molecule has 2 aromatic rings. The van der Waals surface area contributed by atoms with Crippen molar-refractivity contribution < 1.29 is 28.9 Å². The normalized spacial score (nSPS) is 14.4. The van der Waals surface area contributed by atoms with Crippen LogP contribution in [0.3, 0.4) is 0 Å². The van der Waals surface area contributed by atoms with Crippen LogP contribution in [0.15, 0.2) is 42.6 Å². The van der Waals surface area contributed by atoms with Gasteiger partial charge in [-0.1, -0.05) is 51.1 Å². The monoisotopic (exact) mass is 486 g/mol. The summed E-state index contributed by atoms with van der Waals surface area (Å²) in [5, 5.41) is 12.8. The van der Waals surface area contributed by atoms with Crippen molar-refractivity contribution in [2.45, 2.75) is 59.2 Å². The first-order chi connectivity index (χ1) is 16.8. The van der Waals surface area contributed by atoms with Gasteiger partial charge in [0.25, 0.3) is 5.91 Å². The number of pyridine rings is 1. The minimum absolute atomic E-state index is 0.0161. The fourth-order valence-electron chi connectivity index (χ4n) is 3.87. The molecule has 0 aliphatic carbocycles. The number of hydrogen-bond acceptors (Lipinski definition) is 7. The molecule has 4 atom stereocenters. The first kappa shape index (κ1) is 28.1. The minimum atomic E-state index is -0.602. The number of nitrogens with one attached hydrogen (secondary N) is 1. The number of esters is 1. The summed E-state index contributed by atoms with van der Waals surface area (Å²) in [6, 6.07) is 11.5. The first-order valence-electron chi connectivity index (χ1n) is 12.2. The summed E-state index contributed by atoms with van der Waals surface area (Å²) in [6.07, 6.45) is 3.38. The number of methoxy groups -OCH3 is 1. The Kier molecular flexibility index (Phi) is 11.5. The Morgan fingerprint density at radius 1 is 1.11 bits per heavy atom. The smallest absolute Gasteiger partial charge is 0.310 e. The Labute approximate surface area is 208 Å². The standard InChI is InChI=1S/C27H38N2O6/c1-6-15-34-22(7-2)21(16-20-11-9-8-10-12-20)19(4)35-27(32)18(3)17-29-26(31)24-25(30)23(33-5)13-14-28-24/h8-14,18-19,21-22,30H,6-7,15-17H2,1-5H3,(H,29,31)/t18-,19-,21-,22?/m0/s1. The molecular formula is C27H38N2O6. The van der Waals surface area contributed by atoms with Gasteiger partial charge in [-0.25, -0.2) is 4.98 Å². The molecule has 1 aromatic carbocycles. The van der Waals surface area contributed by atoms with Crippen LogP contribution in [0.5, 0.6) is 11.5 Å². The lowest BCUT2D eigenvalue weighted by atomic mass is 9.88. The van der Waals surface area contributed by atoms with E-state index in [1.165, 1.54) is 19.4 Å². The number of amides is 1. The van der Waals surface area contributed by atoms with E-state index in [-0.39, 0.29) is 41.9 Å². The Bertz CT molecular complexity index is 937. The lowest BCUT2D eigenvalue weighted by molar-refractivity contribution is -0.158. The molecule has 0 spiro atoms. The lowest BCUT2D eigenvalue weighted by Gasteiger charge is -2.32. The SMILES string of the molecule is CCCOC(CC)[C@@H](Cc1ccccc1)[C@H](C)OC(=O)[C@@H](C)CNC(=O)c1nccc(OC)c1O. The van der Waals surface area contributed by atoms with Gasteiger partial charge in [0.1, 0.15) is 6.10 Å². The second-order valence-corrected chi connectivity index (χ2v) is 8.63. The van der Waals surface area contributed by atoms with Crippen LogP contribution in [0.1, 0.15) is 56.6 Å². The zero-order chi connectivity index (χ0) is 25.8. The largest absolute Gasteiger partial charge is 0.503 e. The van der Waals surface area contributed by atoms with Crippen molar-refractivity contribution >= 4 is 11.9 Å². The van der Waals surface area contributed by atoms with E-state index in [1.54, 1.807) is 6.92 Å². The fraction of sp³-hybridized carbons (Fsp3) is 0.519. The zero-order valence-electron chi connectivity index (χ0n) is 21.3. The maximum absolute atomic E-state index is 12.9. The van der Waals surface area contributed by atoms with E-state index < -0.39 is 17.8 Å². The summed E-state index contributed by atoms with van der Waals surface area (Å²) in [5.74, 6) is -1.83. The van der Waals surface area contributed by atoms with E-state index in [9.17, 15) is 14.7 Å². The van der Waals surface area contributed by atoms with Gasteiger partial charge >= 0.3 is 5.97 Å². The second kappa shape index (κ2) is 14.3. The molecule has 1 heterocycles. The van der Waals surface area contributed by atoms with E-state index in [4.69, 9.17) is 14.2 Å². The Balaban J connectivity index is 2.02. The molecular weight excluding hydrogens is 448 g/mol. The molecule has 8 heteroatoms. The van der Waals surface area contributed by atoms with Gasteiger partial charge in [-0.3, -0.25) is 9.59 Å². The third kappa shape index (κ3) is 8.24. The zero-order valence-corrected chi connectivity index (χ0v) is 21.3. The molecule has 1 amide bonds. The molecule has 0 aliphatic rings. The van der Waals surface area contributed by atoms with Crippen LogP contribution in [0, 0.1) is 11.8 Å². The predicted octanol–water partition coefficient (Wildman–Crippen LogP) is 4.16. The first-order valence-corrected chi connectivity index (χ1v) is 12.2. The lowest BCUT2D eigenvalue weighted by Crippen LogP contribution is -2.39. The molecule has 0 radical (unpaired) electrons. The Hall–Kier alpha value is -3.13. The van der Waals surface area contributed by atoms with Crippen LogP contribution >= 0.6 is 0 Å². The number of nitrogens with zero attached hydrogens (tertiary/aromatic N) is 1. The van der Waals surface area contributed by atoms with Crippen LogP contribution in [0.2, 0.25) is 0 Å². The van der Waals surface area contributed by atoms with Crippen LogP contribution in [0.25, 0.3) is 0 Å². The number of benzene rings is 1. The number of carbonyl (C=O) groups excluding carboxylic acids is 2. The van der Waals surface area contributed by atoms with Gasteiger partial charge in [0.05, 0.1) is 19.1 Å². The van der Waals surface area contributed by atoms with Gasteiger partial charge in [0.2, 0.25) is 0 Å². The molecule has 0 fully saturated rings. The predicted molar refractivity (Wildman–Crippen MR) is 133 cm³/mol. The maximum Gasteiger partial charge on any atom is 0.310 e. The van der Waals surface area contributed by atoms with Gasteiger partial charge in [-0.05, 0) is 31.7 Å². The van der Waals surface area contributed by atoms with Crippen LogP contribution in [0.4, 0.5) is 0 Å². The number of carbonyl (C=O) groups is 2. The quantitative estimate of drug-likeness (QED) is 0.386. The summed E-state index contributed by atoms with van der Waals surface area (Å²) in [5.41, 5.74) is 0.991. The van der Waals surface area contributed by atoms with Crippen molar-refractivity contribution in [1.82, 2.24) is 10.3 Å². The average Bonchev–Trinajstić information content (AvgIpc) is 2.87. The van der Waals surface area contributed by atoms with E-state index in [0.29, 0.717) is 6.61 Å². The molecule has 0 saturated carbocycles. The fourth-order valence-corrected chi connectivity index (χ4v) is 3.87. The van der Waals surface area contributed by atoms with Crippen molar-refractivity contribution in [3.63, 3.8) is 0 Å². The third-order valence-electron chi connectivity index (χ3n) is 5.93. The molecule has 1 unspecified atom stereocenters. The van der Waals surface area contributed by atoms with Gasteiger partial charge in [-0.15, -0.1) is 0 Å². The van der Waals surface area contributed by atoms with E-state index in [1.807, 2.05) is 25.1 Å². The molecule has 1 aromatic heterocycles. The summed E-state index contributed by atoms with van der Waals surface area (Å²) in [4.78, 5) is 29.2. The summed E-state index contributed by atoms with van der Waals surface area (Å²) < 4.78 is 17.0. The third-order valence-corrected chi connectivity index (χ3v) is 5.93. The highest BCUT2D eigenvalue weighted by Crippen LogP contribution is 2.27. The van der Waals surface area contributed by atoms with Crippen molar-refractivity contribution in [2.24, 2.45) is 11.8 Å². The summed E-state index contributed by atoms with van der Waals surface area (Å²) in [6.45, 7) is 8.41. The highest BCUT2D eigenvalue weighted by Gasteiger charge is 2.31. The van der Waals surface area contributed by atoms with Gasteiger partial charge in [0, 0.05) is 31.3 Å². The molecule has 2 N–H and O–H groups in total. The van der Waals surface area contributed by atoms with Gasteiger partial charge in [0.15, 0.2) is 17.2 Å². The van der Waals surface area contributed by atoms with Crippen molar-refractivity contribution in [1.29, 1.82) is 0 Å². The Morgan fingerprint density at radius 2 is 1.83 bits per heavy atom. The number of rotatable bonds is 14. The minimum Gasteiger partial charge on any atom is -0.503 e. The van der Waals surface area contributed by atoms with Gasteiger partial charge in [-0.2, -0.15) is 0 Å². The van der Waals surface area contributed by atoms with Crippen molar-refractivity contribution in [3.05, 3.63) is 53.9 Å². The number of ether oxygens (including phenoxy) is 3. The summed E-state index contributed by atoms with van der Waals surface area (Å²) in [7, 11) is 1.39. The highest BCUT2D eigenvalue weighted by molar-refractivity contribution is 5.95. The molecule has 0 aliphatic heterocycles. The van der Waals surface area contributed by atoms with E-state index in [2.05, 4.69) is 36.3 Å². The van der Waals surface area contributed by atoms with Crippen molar-refractivity contribution in [2.75, 3.05) is 20.3 Å². The molecule has 8 nitrogen and oxygen atoms in total. The topological polar surface area (TPSA) is 107 Å². The van der Waals surface area contributed by atoms with Crippen LogP contribution in [-0.2, 0) is 20.7 Å². The summed E-state index contributed by atoms with van der Waals surface area (Å²) >= 11 is 0. The average molecular weight is 487 g/mol. The maximum atomic E-state index is 12.9. The van der Waals surface area contributed by atoms with E-state index in [0.717, 1.165) is 24.8 Å². The molecule has 0 bridgehead atoms.